The van der Waals surface area contributed by atoms with E-state index in [2.05, 4.69) is 431 Å². The van der Waals surface area contributed by atoms with Crippen LogP contribution in [0.4, 0.5) is 0 Å². The van der Waals surface area contributed by atoms with Crippen LogP contribution in [-0.4, -0.2) is 64.9 Å². The first-order chi connectivity index (χ1) is 56.7. The van der Waals surface area contributed by atoms with E-state index in [1.54, 1.807) is 0 Å². The Morgan fingerprint density at radius 3 is 0.861 bits per heavy atom. The topological polar surface area (TPSA) is 98.8 Å². The smallest absolute Gasteiger partial charge is 0.215 e. The van der Waals surface area contributed by atoms with E-state index in [0.29, 0.717) is 0 Å². The predicted molar refractivity (Wildman–Crippen MR) is 476 cm³/mol. The standard InChI is InChI=1S/C26H19N3.C21H16N2.2C20H15N3.C14H11N3/c1-28-23-15-13-21(19-10-6-3-7-11-19)17-25(23)29-24-16-20(18-8-4-2-5-9-18)12-14-22(24)27-26(28)29;1-22-18-13-7-5-11-16(18)20-17-12-6-8-14-19(17)23(21(20)22)15-9-3-2-4-10-15;1-22-17-9-5-6-10-18(17)23-19-13-15(14-7-3-2-4-8-14)11-12-16(19)21-20(22)23;1-22-18-12-11-15(14-7-3-2-4-8-14)13-19(18)23-17-10-6-5-9-16(17)21-20(22)23;1-16-12-8-4-5-9-13(12)17-11-7-3-2-6-10(11)15-14(16)17/h2-17H,1H3;2-14H,1H3;2*2-13H,1H3;2-9H,1H3. The van der Waals surface area contributed by atoms with Gasteiger partial charge in [0.15, 0.2) is 0 Å². The van der Waals surface area contributed by atoms with Gasteiger partial charge in [-0.15, -0.1) is 0 Å². The quantitative estimate of drug-likeness (QED) is 0.171. The fraction of sp³-hybridized carbons (Fsp3) is 0.0495. The molecule has 115 heavy (non-hydrogen) atoms. The third-order valence-electron chi connectivity index (χ3n) is 22.8. The van der Waals surface area contributed by atoms with E-state index in [0.717, 1.165) is 61.7 Å². The number of hydrogen-bond donors (Lipinski definition) is 0. The van der Waals surface area contributed by atoms with Gasteiger partial charge in [0, 0.05) is 57.1 Å². The van der Waals surface area contributed by atoms with Gasteiger partial charge < -0.3 is 22.8 Å². The molecule has 14 nitrogen and oxygen atoms in total. The highest BCUT2D eigenvalue weighted by Crippen LogP contribution is 2.40. The minimum Gasteiger partial charge on any atom is -0.329 e. The van der Waals surface area contributed by atoms with Gasteiger partial charge >= 0.3 is 0 Å². The first-order valence-corrected chi connectivity index (χ1v) is 38.8. The number of benzene rings is 15. The van der Waals surface area contributed by atoms with E-state index in [1.807, 2.05) is 24.3 Å². The van der Waals surface area contributed by atoms with Gasteiger partial charge in [0.25, 0.3) is 0 Å². The van der Waals surface area contributed by atoms with E-state index in [-0.39, 0.29) is 0 Å². The summed E-state index contributed by atoms with van der Waals surface area (Å²) in [5, 5.41) is 3.96. The van der Waals surface area contributed by atoms with Crippen molar-refractivity contribution in [2.24, 2.45) is 35.2 Å². The summed E-state index contributed by atoms with van der Waals surface area (Å²) in [5.74, 6) is 3.91. The normalized spacial score (nSPS) is 11.7. The number of rotatable bonds is 5. The number of fused-ring (bicyclic) bond motifs is 25. The Morgan fingerprint density at radius 1 is 0.183 bits per heavy atom. The van der Waals surface area contributed by atoms with E-state index in [4.69, 9.17) is 15.0 Å². The van der Waals surface area contributed by atoms with Crippen molar-refractivity contribution in [2.75, 3.05) is 0 Å². The molecule has 0 aliphatic heterocycles. The second-order valence-corrected chi connectivity index (χ2v) is 29.4. The Bertz CT molecular complexity index is 8020. The molecule has 550 valence electrons. The van der Waals surface area contributed by atoms with Crippen LogP contribution in [0.25, 0.3) is 194 Å². The second kappa shape index (κ2) is 27.6. The van der Waals surface area contributed by atoms with Crippen molar-refractivity contribution in [1.29, 1.82) is 0 Å². The summed E-state index contributed by atoms with van der Waals surface area (Å²) >= 11 is 0. The second-order valence-electron chi connectivity index (χ2n) is 29.4. The van der Waals surface area contributed by atoms with Crippen LogP contribution in [0.3, 0.4) is 0 Å². The Hall–Kier alpha value is -15.3. The van der Waals surface area contributed by atoms with Crippen molar-refractivity contribution in [3.05, 3.63) is 370 Å². The van der Waals surface area contributed by atoms with Crippen LogP contribution >= 0.6 is 0 Å². The molecule has 10 aromatic heterocycles. The van der Waals surface area contributed by atoms with E-state index in [9.17, 15) is 0 Å². The maximum Gasteiger partial charge on any atom is 0.215 e. The fourth-order valence-corrected chi connectivity index (χ4v) is 17.3. The highest BCUT2D eigenvalue weighted by Gasteiger charge is 2.22. The lowest BCUT2D eigenvalue weighted by Gasteiger charge is -2.09. The van der Waals surface area contributed by atoms with Crippen molar-refractivity contribution in [3.63, 3.8) is 0 Å². The van der Waals surface area contributed by atoms with Gasteiger partial charge in [-0.25, -0.2) is 19.9 Å². The summed E-state index contributed by atoms with van der Waals surface area (Å²) in [6.07, 6.45) is 0. The minimum absolute atomic E-state index is 0.963. The number of para-hydroxylation sites is 11. The number of imidazole rings is 8. The Morgan fingerprint density at radius 2 is 0.452 bits per heavy atom. The average molecular weight is 1490 g/mol. The van der Waals surface area contributed by atoms with Gasteiger partial charge in [0.1, 0.15) is 5.65 Å². The maximum absolute atomic E-state index is 4.92. The summed E-state index contributed by atoms with van der Waals surface area (Å²) in [7, 11) is 10.4. The van der Waals surface area contributed by atoms with Crippen molar-refractivity contribution in [3.8, 4) is 50.2 Å². The molecule has 0 saturated carbocycles. The summed E-state index contributed by atoms with van der Waals surface area (Å²) in [4.78, 5) is 19.2. The molecule has 25 aromatic rings. The van der Waals surface area contributed by atoms with Gasteiger partial charge in [0.2, 0.25) is 23.1 Å². The van der Waals surface area contributed by atoms with Crippen LogP contribution in [0.1, 0.15) is 0 Å². The zero-order valence-electron chi connectivity index (χ0n) is 64.0. The van der Waals surface area contributed by atoms with E-state index >= 15 is 0 Å². The van der Waals surface area contributed by atoms with Crippen LogP contribution < -0.4 is 0 Å². The number of nitrogens with zero attached hydrogens (tertiary/aromatic N) is 14. The van der Waals surface area contributed by atoms with E-state index in [1.165, 1.54) is 133 Å². The van der Waals surface area contributed by atoms with Gasteiger partial charge in [-0.1, -0.05) is 249 Å². The first kappa shape index (κ1) is 67.8. The summed E-state index contributed by atoms with van der Waals surface area (Å²) in [6, 6.07) is 130. The van der Waals surface area contributed by atoms with Crippen molar-refractivity contribution < 1.29 is 0 Å². The van der Waals surface area contributed by atoms with Crippen molar-refractivity contribution >= 4 is 144 Å². The Labute approximate surface area is 660 Å². The molecule has 0 amide bonds. The molecule has 0 saturated heterocycles. The lowest BCUT2D eigenvalue weighted by Crippen LogP contribution is -1.98. The molecule has 0 aliphatic carbocycles. The Kier molecular flexibility index (Phi) is 16.3. The van der Waals surface area contributed by atoms with Crippen LogP contribution in [0, 0.1) is 0 Å². The molecule has 15 aromatic carbocycles. The molecule has 0 unspecified atom stereocenters. The zero-order valence-corrected chi connectivity index (χ0v) is 64.0. The highest BCUT2D eigenvalue weighted by atomic mass is 15.2. The molecule has 0 spiro atoms. The monoisotopic (exact) mass is 1480 g/mol. The van der Waals surface area contributed by atoms with Crippen LogP contribution in [0.15, 0.2) is 370 Å². The molecule has 25 rings (SSSR count). The third-order valence-corrected chi connectivity index (χ3v) is 22.8. The molecular formula is C101H76N14. The van der Waals surface area contributed by atoms with Crippen LogP contribution in [0.5, 0.6) is 0 Å². The van der Waals surface area contributed by atoms with Crippen LogP contribution in [0.2, 0.25) is 0 Å². The van der Waals surface area contributed by atoms with E-state index < -0.39 is 0 Å². The zero-order chi connectivity index (χ0) is 76.9. The van der Waals surface area contributed by atoms with Crippen LogP contribution in [-0.2, 0) is 35.2 Å². The average Bonchev–Trinajstić information content (AvgIpc) is 1.56. The highest BCUT2D eigenvalue weighted by molar-refractivity contribution is 6.22. The molecule has 0 atom stereocenters. The molecule has 0 radical (unpaired) electrons. The fourth-order valence-electron chi connectivity index (χ4n) is 17.3. The molecule has 0 N–H and O–H groups in total. The summed E-state index contributed by atoms with van der Waals surface area (Å²) < 4.78 is 22.3. The molecule has 0 bridgehead atoms. The number of aryl methyl sites for hydroxylation is 5. The van der Waals surface area contributed by atoms with Crippen molar-refractivity contribution in [1.82, 2.24) is 64.9 Å². The molecule has 0 aliphatic rings. The lowest BCUT2D eigenvalue weighted by atomic mass is 10.0. The molecule has 0 fully saturated rings. The maximum atomic E-state index is 4.92. The number of aromatic nitrogens is 14. The van der Waals surface area contributed by atoms with Gasteiger partial charge in [0.05, 0.1) is 99.3 Å². The molecular weight excluding hydrogens is 1410 g/mol. The van der Waals surface area contributed by atoms with Gasteiger partial charge in [-0.05, 0) is 166 Å². The Balaban J connectivity index is 0.0000000908. The first-order valence-electron chi connectivity index (χ1n) is 38.8. The SMILES string of the molecule is Cn1c2ccc(-c3ccccc3)cc2n2c3cc(-c4ccccc4)ccc3nc12.Cn1c2ccc(-c3ccccc3)cc2n2c3ccccc3nc12.Cn1c2ccccc2c2c3ccccc3n(-c3ccccc3)c21.Cn1c2ccccc2n2c3cc(-c4ccccc4)ccc3nc12.Cn1c2ccccc2n2c3ccccc3nc12. The minimum atomic E-state index is 0.963. The van der Waals surface area contributed by atoms with Gasteiger partial charge in [-0.3, -0.25) is 22.2 Å². The summed E-state index contributed by atoms with van der Waals surface area (Å²) in [5.41, 5.74) is 33.0. The van der Waals surface area contributed by atoms with Crippen molar-refractivity contribution in [2.45, 2.75) is 0 Å². The largest absolute Gasteiger partial charge is 0.329 e. The van der Waals surface area contributed by atoms with Gasteiger partial charge in [-0.2, -0.15) is 0 Å². The number of hydrogen-bond acceptors (Lipinski definition) is 4. The predicted octanol–water partition coefficient (Wildman–Crippen LogP) is 23.9. The molecule has 10 heterocycles. The lowest BCUT2D eigenvalue weighted by molar-refractivity contribution is 0.962. The summed E-state index contributed by atoms with van der Waals surface area (Å²) in [6.45, 7) is 0. The molecule has 14 heteroatoms. The third kappa shape index (κ3) is 11.2.